The van der Waals surface area contributed by atoms with Crippen LogP contribution < -0.4 is 5.19 Å². The van der Waals surface area contributed by atoms with Crippen molar-refractivity contribution in [3.8, 4) is 28.3 Å². The van der Waals surface area contributed by atoms with E-state index in [0.29, 0.717) is 0 Å². The van der Waals surface area contributed by atoms with E-state index in [0.717, 1.165) is 72.4 Å². The van der Waals surface area contributed by atoms with Gasteiger partial charge in [0.05, 0.1) is 30.5 Å². The molecule has 0 aliphatic heterocycles. The van der Waals surface area contributed by atoms with Crippen LogP contribution in [0.4, 0.5) is 0 Å². The van der Waals surface area contributed by atoms with Gasteiger partial charge < -0.3 is 14.0 Å². The molecule has 0 bridgehead atoms. The number of fused-ring (bicyclic) bond motifs is 6. The molecule has 1 atom stereocenters. The smallest absolute Gasteiger partial charge is 0.121 e. The Morgan fingerprint density at radius 1 is 0.750 bits per heavy atom. The summed E-state index contributed by atoms with van der Waals surface area (Å²) < 4.78 is 17.7. The number of hydrogen-bond acceptors (Lipinski definition) is 3. The van der Waals surface area contributed by atoms with Crippen molar-refractivity contribution in [2.45, 2.75) is 60.2 Å². The monoisotopic (exact) mass is 977 g/mol. The fraction of sp³-hybridized carbons (Fsp3) is 0.185. The van der Waals surface area contributed by atoms with Gasteiger partial charge in [0.2, 0.25) is 0 Å². The van der Waals surface area contributed by atoms with Crippen molar-refractivity contribution >= 4 is 67.8 Å². The van der Waals surface area contributed by atoms with Crippen LogP contribution in [0.15, 0.2) is 144 Å². The van der Waals surface area contributed by atoms with Crippen LogP contribution >= 0.6 is 0 Å². The molecule has 1 radical (unpaired) electrons. The fourth-order valence-electron chi connectivity index (χ4n) is 8.22. The standard InChI is InChI=1S/C35H23N2O.C19H26NSi.Ir/c1-21-14-16-27-32(18-21)38-34-28(17-15-22(2)33(27)34)35-36-29-19-24-9-3-4-10-25(24)20-31(29)37(35)30-13-7-11-23-8-5-6-12-26(23)30;1-14(2)15(3)17-12-18(16-10-8-7-9-11-16)20-13-19(17)21(4,5)6;/h3-16,18-20H,1-2H3;7-10,12-15H,1-6H3;/q2*-1;/i;15D;. The molecule has 7 aromatic carbocycles. The molecule has 6 heteroatoms. The average molecular weight is 977 g/mol. The number of aromatic nitrogens is 3. The molecule has 0 fully saturated rings. The second kappa shape index (κ2) is 16.4. The van der Waals surface area contributed by atoms with Crippen molar-refractivity contribution < 1.29 is 25.9 Å². The van der Waals surface area contributed by atoms with E-state index >= 15 is 0 Å². The third-order valence-corrected chi connectivity index (χ3v) is 13.7. The number of furan rings is 1. The number of imidazole rings is 1. The Balaban J connectivity index is 0.000000192. The van der Waals surface area contributed by atoms with E-state index in [-0.39, 0.29) is 26.0 Å². The van der Waals surface area contributed by atoms with Crippen LogP contribution in [0.2, 0.25) is 19.6 Å². The molecule has 0 spiro atoms. The van der Waals surface area contributed by atoms with E-state index in [4.69, 9.17) is 10.8 Å². The molecule has 0 saturated heterocycles. The summed E-state index contributed by atoms with van der Waals surface area (Å²) in [5.74, 6) is 0.465. The molecule has 1 unspecified atom stereocenters. The van der Waals surface area contributed by atoms with Crippen molar-refractivity contribution in [2.75, 3.05) is 0 Å². The summed E-state index contributed by atoms with van der Waals surface area (Å²) in [6, 6.07) is 53.1. The molecule has 10 rings (SSSR count). The number of hydrogen-bond donors (Lipinski definition) is 0. The number of rotatable bonds is 6. The number of aryl methyl sites for hydroxylation is 2. The molecule has 60 heavy (non-hydrogen) atoms. The molecule has 0 aliphatic carbocycles. The van der Waals surface area contributed by atoms with E-state index in [1.54, 1.807) is 0 Å². The van der Waals surface area contributed by atoms with Crippen LogP contribution in [-0.4, -0.2) is 22.6 Å². The molecule has 0 amide bonds. The third-order valence-electron chi connectivity index (χ3n) is 11.6. The van der Waals surface area contributed by atoms with E-state index < -0.39 is 14.0 Å². The van der Waals surface area contributed by atoms with Gasteiger partial charge in [0.1, 0.15) is 5.58 Å². The Labute approximate surface area is 369 Å². The minimum absolute atomic E-state index is 0. The van der Waals surface area contributed by atoms with E-state index in [1.165, 1.54) is 32.3 Å². The molecular formula is C54H49IrN3OSi-2. The molecular weight excluding hydrogens is 927 g/mol. The zero-order chi connectivity index (χ0) is 41.9. The normalized spacial score (nSPS) is 13.1. The molecule has 0 saturated carbocycles. The van der Waals surface area contributed by atoms with Gasteiger partial charge in [0.15, 0.2) is 0 Å². The fourth-order valence-corrected chi connectivity index (χ4v) is 9.75. The van der Waals surface area contributed by atoms with Crippen LogP contribution in [0.5, 0.6) is 0 Å². The maximum absolute atomic E-state index is 8.89. The minimum atomic E-state index is -1.55. The summed E-state index contributed by atoms with van der Waals surface area (Å²) in [5.41, 5.74) is 11.0. The first-order valence-electron chi connectivity index (χ1n) is 21.0. The predicted molar refractivity (Wildman–Crippen MR) is 252 cm³/mol. The zero-order valence-corrected chi connectivity index (χ0v) is 38.8. The molecule has 4 nitrogen and oxygen atoms in total. The van der Waals surface area contributed by atoms with E-state index in [1.807, 2.05) is 37.4 Å². The van der Waals surface area contributed by atoms with Crippen molar-refractivity contribution in [1.82, 2.24) is 14.5 Å². The van der Waals surface area contributed by atoms with Crippen LogP contribution in [0.25, 0.3) is 82.8 Å². The second-order valence-electron chi connectivity index (χ2n) is 17.1. The van der Waals surface area contributed by atoms with Crippen LogP contribution in [-0.2, 0) is 20.1 Å². The van der Waals surface area contributed by atoms with Gasteiger partial charge >= 0.3 is 0 Å². The quantitative estimate of drug-likeness (QED) is 0.123. The van der Waals surface area contributed by atoms with E-state index in [2.05, 4.69) is 178 Å². The van der Waals surface area contributed by atoms with Gasteiger partial charge in [-0.2, -0.15) is 0 Å². The summed E-state index contributed by atoms with van der Waals surface area (Å²) in [6.45, 7) is 17.4. The third kappa shape index (κ3) is 7.53. The van der Waals surface area contributed by atoms with Gasteiger partial charge in [-0.3, -0.25) is 4.98 Å². The van der Waals surface area contributed by atoms with Crippen molar-refractivity contribution in [3.05, 3.63) is 168 Å². The van der Waals surface area contributed by atoms with E-state index in [9.17, 15) is 0 Å². The summed E-state index contributed by atoms with van der Waals surface area (Å²) in [6.07, 6.45) is 2.01. The van der Waals surface area contributed by atoms with Crippen LogP contribution in [0.1, 0.15) is 44.7 Å². The molecule has 10 aromatic rings. The average Bonchev–Trinajstić information content (AvgIpc) is 3.81. The Morgan fingerprint density at radius 2 is 1.47 bits per heavy atom. The summed E-state index contributed by atoms with van der Waals surface area (Å²) in [7, 11) is -1.55. The number of nitrogens with zero attached hydrogens (tertiary/aromatic N) is 3. The first-order valence-corrected chi connectivity index (χ1v) is 24.0. The summed E-state index contributed by atoms with van der Waals surface area (Å²) in [4.78, 5) is 9.92. The Kier molecular flexibility index (Phi) is 10.9. The van der Waals surface area contributed by atoms with Gasteiger partial charge in [-0.15, -0.1) is 53.6 Å². The number of benzene rings is 7. The maximum Gasteiger partial charge on any atom is 0.121 e. The first kappa shape index (κ1) is 39.8. The predicted octanol–water partition coefficient (Wildman–Crippen LogP) is 14.2. The van der Waals surface area contributed by atoms with Crippen LogP contribution in [0.3, 0.4) is 0 Å². The molecule has 0 N–H and O–H groups in total. The molecule has 3 heterocycles. The Morgan fingerprint density at radius 3 is 2.20 bits per heavy atom. The first-order chi connectivity index (χ1) is 28.8. The Bertz CT molecular complexity index is 3230. The van der Waals surface area contributed by atoms with Crippen LogP contribution in [0, 0.1) is 31.9 Å². The summed E-state index contributed by atoms with van der Waals surface area (Å²) in [5, 5.41) is 8.26. The molecule has 0 aliphatic rings. The summed E-state index contributed by atoms with van der Waals surface area (Å²) >= 11 is 0. The molecule has 301 valence electrons. The molecule has 3 aromatic heterocycles. The van der Waals surface area contributed by atoms with Gasteiger partial charge in [-0.25, -0.2) is 0 Å². The maximum atomic E-state index is 8.89. The van der Waals surface area contributed by atoms with Crippen molar-refractivity contribution in [2.24, 2.45) is 5.92 Å². The van der Waals surface area contributed by atoms with Gasteiger partial charge in [-0.1, -0.05) is 143 Å². The largest absolute Gasteiger partial charge is 0.501 e. The minimum Gasteiger partial charge on any atom is -0.501 e. The topological polar surface area (TPSA) is 43.9 Å². The second-order valence-corrected chi connectivity index (χ2v) is 22.1. The van der Waals surface area contributed by atoms with Crippen molar-refractivity contribution in [1.29, 1.82) is 0 Å². The van der Waals surface area contributed by atoms with Crippen molar-refractivity contribution in [3.63, 3.8) is 0 Å². The Hall–Kier alpha value is -5.65. The number of pyridine rings is 1. The van der Waals surface area contributed by atoms with Gasteiger partial charge in [0.25, 0.3) is 0 Å². The van der Waals surface area contributed by atoms with Gasteiger partial charge in [0, 0.05) is 44.1 Å². The van der Waals surface area contributed by atoms with Gasteiger partial charge in [-0.05, 0) is 75.6 Å². The SMILES string of the molecule is Cc1ccc2c(c1)oc1c(-c3nc4cc5ccccc5cc4n3-c3cccc4ccccc34)[c-]cc(C)c12.[2H]C(C)(c1cc(-c2[c-]cccc2)ncc1[Si](C)(C)C)C(C)C.[Ir]. The zero-order valence-electron chi connectivity index (χ0n) is 36.4.